The van der Waals surface area contributed by atoms with Gasteiger partial charge in [0.1, 0.15) is 0 Å². The van der Waals surface area contributed by atoms with E-state index in [0.717, 1.165) is 0 Å². The SMILES string of the molecule is F.O.O.[B]. The molecule has 2 nitrogen and oxygen atoms in total. The first-order valence-electron chi connectivity index (χ1n) is 0. The minimum Gasteiger partial charge on any atom is -0.412 e. The average molecular weight is 66.8 g/mol. The molecule has 0 heterocycles. The fourth-order valence-corrected chi connectivity index (χ4v) is 0. The standard InChI is InChI=1S/B.FH.2H2O/h;1H;2*1H2. The molecule has 0 aromatic heterocycles. The second kappa shape index (κ2) is 1480. The van der Waals surface area contributed by atoms with Crippen molar-refractivity contribution in [3.8, 4) is 0 Å². The maximum atomic E-state index is 0. The Bertz CT molecular complexity index is 6.00. The predicted octanol–water partition coefficient (Wildman–Crippen LogP) is -1.88. The van der Waals surface area contributed by atoms with Crippen molar-refractivity contribution in [1.29, 1.82) is 0 Å². The number of hydrogen-bond acceptors (Lipinski definition) is 0. The average Bonchev–Trinajstić information content (AvgIpc) is 0. The van der Waals surface area contributed by atoms with E-state index in [4.69, 9.17) is 0 Å². The molecule has 4 N–H and O–H groups in total. The number of rotatable bonds is 0. The normalized spacial score (nSPS) is 0. The van der Waals surface area contributed by atoms with Crippen molar-refractivity contribution < 1.29 is 15.7 Å². The van der Waals surface area contributed by atoms with E-state index >= 15 is 0 Å². The molecule has 0 saturated heterocycles. The van der Waals surface area contributed by atoms with Gasteiger partial charge in [-0.25, -0.2) is 0 Å². The fourth-order valence-electron chi connectivity index (χ4n) is 0. The Balaban J connectivity index is 0. The Morgan fingerprint density at radius 2 is 0.750 bits per heavy atom. The number of halogens is 1. The van der Waals surface area contributed by atoms with Crippen molar-refractivity contribution in [2.75, 3.05) is 0 Å². The largest absolute Gasteiger partial charge is 0.412 e. The fraction of sp³-hybridized carbons (Fsp3) is 0. The Labute approximate surface area is 25.4 Å². The van der Waals surface area contributed by atoms with E-state index in [1.807, 2.05) is 0 Å². The summed E-state index contributed by atoms with van der Waals surface area (Å²) in [5.74, 6) is 0. The van der Waals surface area contributed by atoms with Gasteiger partial charge in [-0.1, -0.05) is 0 Å². The molecule has 0 amide bonds. The molecule has 0 saturated carbocycles. The van der Waals surface area contributed by atoms with Gasteiger partial charge in [-0.3, -0.25) is 4.70 Å². The van der Waals surface area contributed by atoms with Gasteiger partial charge in [0.05, 0.1) is 0 Å². The molecule has 4 heteroatoms. The van der Waals surface area contributed by atoms with E-state index < -0.39 is 0 Å². The lowest BCUT2D eigenvalue weighted by molar-refractivity contribution is 0.823. The van der Waals surface area contributed by atoms with Crippen LogP contribution >= 0.6 is 0 Å². The van der Waals surface area contributed by atoms with E-state index in [1.54, 1.807) is 0 Å². The third-order valence-electron chi connectivity index (χ3n) is 0. The van der Waals surface area contributed by atoms with Crippen LogP contribution in [0.1, 0.15) is 0 Å². The van der Waals surface area contributed by atoms with Gasteiger partial charge in [-0.15, -0.1) is 0 Å². The van der Waals surface area contributed by atoms with Crippen molar-refractivity contribution in [2.45, 2.75) is 0 Å². The van der Waals surface area contributed by atoms with Gasteiger partial charge < -0.3 is 11.0 Å². The highest BCUT2D eigenvalue weighted by atomic mass is 19.0. The Morgan fingerprint density at radius 1 is 0.750 bits per heavy atom. The van der Waals surface area contributed by atoms with Crippen molar-refractivity contribution >= 4 is 8.41 Å². The smallest absolute Gasteiger partial charge is 0 e. The lowest BCUT2D eigenvalue weighted by atomic mass is 10.8. The number of hydrogen-bond donors (Lipinski definition) is 0. The molecular weight excluding hydrogens is 61.8 g/mol. The maximum absolute atomic E-state index is 0. The van der Waals surface area contributed by atoms with Crippen molar-refractivity contribution in [2.24, 2.45) is 0 Å². The quantitative estimate of drug-likeness (QED) is 0.298. The summed E-state index contributed by atoms with van der Waals surface area (Å²) in [7, 11) is 0. The lowest BCUT2D eigenvalue weighted by Gasteiger charge is -0.413. The summed E-state index contributed by atoms with van der Waals surface area (Å²) in [4.78, 5) is 0. The van der Waals surface area contributed by atoms with Gasteiger partial charge in [0.25, 0.3) is 0 Å². The third-order valence-corrected chi connectivity index (χ3v) is 0. The molecule has 0 rings (SSSR count). The van der Waals surface area contributed by atoms with Crippen molar-refractivity contribution in [3.05, 3.63) is 0 Å². The third kappa shape index (κ3) is 222. The summed E-state index contributed by atoms with van der Waals surface area (Å²) in [6, 6.07) is 0. The zero-order valence-electron chi connectivity index (χ0n) is 1.99. The molecule has 0 unspecified atom stereocenters. The van der Waals surface area contributed by atoms with Crippen molar-refractivity contribution in [1.82, 2.24) is 0 Å². The zero-order valence-corrected chi connectivity index (χ0v) is 1.99. The minimum atomic E-state index is 0. The Hall–Kier alpha value is -0.0851. The van der Waals surface area contributed by atoms with Gasteiger partial charge >= 0.3 is 0 Å². The van der Waals surface area contributed by atoms with E-state index in [2.05, 4.69) is 0 Å². The highest BCUT2D eigenvalue weighted by Gasteiger charge is 0.00000863. The van der Waals surface area contributed by atoms with Crippen LogP contribution in [0.25, 0.3) is 0 Å². The van der Waals surface area contributed by atoms with Crippen molar-refractivity contribution in [3.63, 3.8) is 0 Å². The van der Waals surface area contributed by atoms with Crippen LogP contribution in [0.5, 0.6) is 0 Å². The van der Waals surface area contributed by atoms with Crippen LogP contribution in [0.2, 0.25) is 0 Å². The van der Waals surface area contributed by atoms with Gasteiger partial charge in [0, 0.05) is 8.41 Å². The van der Waals surface area contributed by atoms with Crippen LogP contribution in [0.15, 0.2) is 0 Å². The zero-order chi connectivity index (χ0) is 0. The van der Waals surface area contributed by atoms with Gasteiger partial charge in [0.2, 0.25) is 0 Å². The van der Waals surface area contributed by atoms with Gasteiger partial charge in [-0.2, -0.15) is 0 Å². The van der Waals surface area contributed by atoms with E-state index in [-0.39, 0.29) is 24.1 Å². The predicted molar refractivity (Wildman–Crippen MR) is 15.5 cm³/mol. The minimum absolute atomic E-state index is 0. The summed E-state index contributed by atoms with van der Waals surface area (Å²) < 4.78 is 0. The molecule has 4 heavy (non-hydrogen) atoms. The van der Waals surface area contributed by atoms with Crippen LogP contribution in [0.4, 0.5) is 4.70 Å². The van der Waals surface area contributed by atoms with E-state index in [9.17, 15) is 0 Å². The molecule has 27 valence electrons. The monoisotopic (exact) mass is 67.0 g/mol. The summed E-state index contributed by atoms with van der Waals surface area (Å²) in [5, 5.41) is 0. The summed E-state index contributed by atoms with van der Waals surface area (Å²) in [5.41, 5.74) is 0. The molecule has 0 fully saturated rings. The summed E-state index contributed by atoms with van der Waals surface area (Å²) in [6.45, 7) is 0. The molecule has 0 spiro atoms. The topological polar surface area (TPSA) is 63.0 Å². The lowest BCUT2D eigenvalue weighted by Crippen LogP contribution is -0.381. The summed E-state index contributed by atoms with van der Waals surface area (Å²) >= 11 is 0. The van der Waals surface area contributed by atoms with E-state index in [0.29, 0.717) is 0 Å². The van der Waals surface area contributed by atoms with Crippen LogP contribution in [-0.2, 0) is 0 Å². The highest BCUT2D eigenvalue weighted by Crippen LogP contribution is 0.420. The van der Waals surface area contributed by atoms with Crippen LogP contribution in [-0.4, -0.2) is 19.4 Å². The van der Waals surface area contributed by atoms with Crippen LogP contribution in [0, 0.1) is 0 Å². The molecule has 0 aromatic rings. The van der Waals surface area contributed by atoms with Crippen LogP contribution in [0.3, 0.4) is 0 Å². The van der Waals surface area contributed by atoms with Gasteiger partial charge in [0.15, 0.2) is 0 Å². The molecule has 0 aliphatic rings. The second-order valence-electron chi connectivity index (χ2n) is 0. The summed E-state index contributed by atoms with van der Waals surface area (Å²) in [6.07, 6.45) is 0. The molecule has 3 radical (unpaired) electrons. The van der Waals surface area contributed by atoms with Crippen LogP contribution < -0.4 is 0 Å². The Morgan fingerprint density at radius 3 is 0.750 bits per heavy atom. The Kier molecular flexibility index (Phi) is 1700000. The molecule has 0 atom stereocenters. The first-order chi connectivity index (χ1) is 0. The van der Waals surface area contributed by atoms with E-state index in [1.165, 1.54) is 0 Å². The molecular formula is H5BFO2. The molecule has 0 aliphatic carbocycles. The second-order valence-corrected chi connectivity index (χ2v) is 0. The maximum Gasteiger partial charge on any atom is 0 e. The molecule has 0 bridgehead atoms. The molecule has 0 aliphatic heterocycles. The highest BCUT2D eigenvalue weighted by molar-refractivity contribution is 5.75. The van der Waals surface area contributed by atoms with Gasteiger partial charge in [-0.05, 0) is 0 Å². The first kappa shape index (κ1) is 4600. The first-order valence-corrected chi connectivity index (χ1v) is 0. The molecule has 0 aromatic carbocycles.